The normalized spacial score (nSPS) is 18.8. The van der Waals surface area contributed by atoms with E-state index in [1.807, 2.05) is 12.1 Å². The molecule has 29 heavy (non-hydrogen) atoms. The molecule has 9 heteroatoms. The number of aliphatic carboxylic acids is 1. The largest absolute Gasteiger partial charge is 0.480 e. The van der Waals surface area contributed by atoms with Crippen molar-refractivity contribution in [2.24, 2.45) is 0 Å². The van der Waals surface area contributed by atoms with Gasteiger partial charge < -0.3 is 10.0 Å². The second-order valence-electron chi connectivity index (χ2n) is 7.24. The number of anilines is 1. The minimum Gasteiger partial charge on any atom is -0.480 e. The van der Waals surface area contributed by atoms with Crippen molar-refractivity contribution in [2.45, 2.75) is 23.2 Å². The molecule has 1 fully saturated rings. The number of fused-ring (bicyclic) bond motifs is 2. The van der Waals surface area contributed by atoms with Crippen LogP contribution in [-0.4, -0.2) is 49.3 Å². The van der Waals surface area contributed by atoms with Gasteiger partial charge in [-0.25, -0.2) is 8.42 Å². The van der Waals surface area contributed by atoms with Gasteiger partial charge in [0.25, 0.3) is 0 Å². The zero-order chi connectivity index (χ0) is 20.8. The lowest BCUT2D eigenvalue weighted by Gasteiger charge is -2.37. The average molecular weight is 479 g/mol. The number of halogens is 1. The SMILES string of the molecule is O=C(O)CN1C(=O)C2(CCN(S(=O)(=O)c3ccc(Br)cc3)CC2)c2ccccc21. The van der Waals surface area contributed by atoms with Gasteiger partial charge in [0.15, 0.2) is 0 Å². The molecule has 0 atom stereocenters. The Morgan fingerprint density at radius 3 is 2.31 bits per heavy atom. The maximum absolute atomic E-state index is 13.2. The van der Waals surface area contributed by atoms with Gasteiger partial charge in [-0.3, -0.25) is 9.59 Å². The number of hydrogen-bond acceptors (Lipinski definition) is 4. The average Bonchev–Trinajstić information content (AvgIpc) is 2.91. The van der Waals surface area contributed by atoms with E-state index < -0.39 is 28.0 Å². The van der Waals surface area contributed by atoms with E-state index in [2.05, 4.69) is 15.9 Å². The van der Waals surface area contributed by atoms with Crippen LogP contribution in [0.25, 0.3) is 0 Å². The summed E-state index contributed by atoms with van der Waals surface area (Å²) in [6.45, 7) is -0.0166. The van der Waals surface area contributed by atoms with Crippen LogP contribution in [0, 0.1) is 0 Å². The van der Waals surface area contributed by atoms with Crippen molar-refractivity contribution in [2.75, 3.05) is 24.5 Å². The van der Waals surface area contributed by atoms with E-state index in [9.17, 15) is 23.1 Å². The molecule has 0 bridgehead atoms. The molecule has 0 unspecified atom stereocenters. The van der Waals surface area contributed by atoms with Gasteiger partial charge in [0.1, 0.15) is 6.54 Å². The summed E-state index contributed by atoms with van der Waals surface area (Å²) in [4.78, 5) is 26.0. The molecule has 0 radical (unpaired) electrons. The molecule has 0 saturated carbocycles. The molecule has 152 valence electrons. The molecule has 1 amide bonds. The number of para-hydroxylation sites is 1. The van der Waals surface area contributed by atoms with Gasteiger partial charge in [0.2, 0.25) is 15.9 Å². The van der Waals surface area contributed by atoms with Gasteiger partial charge in [-0.05, 0) is 48.7 Å². The molecule has 2 aromatic carbocycles. The summed E-state index contributed by atoms with van der Waals surface area (Å²) < 4.78 is 28.1. The van der Waals surface area contributed by atoms with Gasteiger partial charge in [0.05, 0.1) is 10.3 Å². The lowest BCUT2D eigenvalue weighted by molar-refractivity contribution is -0.137. The van der Waals surface area contributed by atoms with Gasteiger partial charge in [0, 0.05) is 23.2 Å². The summed E-state index contributed by atoms with van der Waals surface area (Å²) >= 11 is 3.30. The van der Waals surface area contributed by atoms with Crippen LogP contribution in [-0.2, 0) is 25.0 Å². The molecule has 4 rings (SSSR count). The van der Waals surface area contributed by atoms with Crippen molar-refractivity contribution < 1.29 is 23.1 Å². The summed E-state index contributed by atoms with van der Waals surface area (Å²) in [7, 11) is -3.66. The highest BCUT2D eigenvalue weighted by atomic mass is 79.9. The van der Waals surface area contributed by atoms with Crippen molar-refractivity contribution in [3.05, 3.63) is 58.6 Å². The van der Waals surface area contributed by atoms with Crippen LogP contribution in [0.15, 0.2) is 57.9 Å². The monoisotopic (exact) mass is 478 g/mol. The fourth-order valence-corrected chi connectivity index (χ4v) is 5.94. The second kappa shape index (κ2) is 7.23. The topological polar surface area (TPSA) is 95.0 Å². The molecule has 2 aromatic rings. The van der Waals surface area contributed by atoms with E-state index in [0.717, 1.165) is 10.0 Å². The zero-order valence-electron chi connectivity index (χ0n) is 15.4. The predicted octanol–water partition coefficient (Wildman–Crippen LogP) is 2.60. The summed E-state index contributed by atoms with van der Waals surface area (Å²) in [6, 6.07) is 13.6. The van der Waals surface area contributed by atoms with Crippen LogP contribution in [0.5, 0.6) is 0 Å². The number of amides is 1. The summed E-state index contributed by atoms with van der Waals surface area (Å²) in [5.41, 5.74) is 0.508. The fraction of sp³-hybridized carbons (Fsp3) is 0.300. The molecule has 2 aliphatic rings. The number of carbonyl (C=O) groups is 2. The number of sulfonamides is 1. The molecule has 1 saturated heterocycles. The van der Waals surface area contributed by atoms with Crippen molar-refractivity contribution >= 4 is 43.5 Å². The Balaban J connectivity index is 1.62. The summed E-state index contributed by atoms with van der Waals surface area (Å²) in [5.74, 6) is -1.35. The Labute approximate surface area is 177 Å². The maximum Gasteiger partial charge on any atom is 0.323 e. The van der Waals surface area contributed by atoms with Crippen LogP contribution in [0.1, 0.15) is 18.4 Å². The highest BCUT2D eigenvalue weighted by molar-refractivity contribution is 9.10. The number of nitrogens with zero attached hydrogens (tertiary/aromatic N) is 2. The van der Waals surface area contributed by atoms with Gasteiger partial charge in [-0.15, -0.1) is 0 Å². The van der Waals surface area contributed by atoms with E-state index in [-0.39, 0.29) is 23.9 Å². The zero-order valence-corrected chi connectivity index (χ0v) is 17.8. The summed E-state index contributed by atoms with van der Waals surface area (Å²) in [5, 5.41) is 9.21. The Morgan fingerprint density at radius 1 is 1.07 bits per heavy atom. The second-order valence-corrected chi connectivity index (χ2v) is 10.1. The van der Waals surface area contributed by atoms with Crippen molar-refractivity contribution in [3.63, 3.8) is 0 Å². The van der Waals surface area contributed by atoms with Gasteiger partial charge >= 0.3 is 5.97 Å². The molecule has 0 aliphatic carbocycles. The highest BCUT2D eigenvalue weighted by Gasteiger charge is 2.53. The lowest BCUT2D eigenvalue weighted by Crippen LogP contribution is -2.50. The Kier molecular flexibility index (Phi) is 5.00. The standard InChI is InChI=1S/C20H19BrN2O5S/c21-14-5-7-15(8-6-14)29(27,28)22-11-9-20(10-12-22)16-3-1-2-4-17(16)23(19(20)26)13-18(24)25/h1-8H,9-13H2,(H,24,25). The fourth-order valence-electron chi connectivity index (χ4n) is 4.24. The van der Waals surface area contributed by atoms with Gasteiger partial charge in [-0.2, -0.15) is 4.31 Å². The number of carbonyl (C=O) groups excluding carboxylic acids is 1. The predicted molar refractivity (Wildman–Crippen MR) is 110 cm³/mol. The van der Waals surface area contributed by atoms with E-state index in [4.69, 9.17) is 0 Å². The number of piperidine rings is 1. The maximum atomic E-state index is 13.2. The van der Waals surface area contributed by atoms with E-state index in [1.54, 1.807) is 36.4 Å². The Bertz CT molecular complexity index is 1080. The summed E-state index contributed by atoms with van der Waals surface area (Å²) in [6.07, 6.45) is 0.628. The van der Waals surface area contributed by atoms with Crippen LogP contribution >= 0.6 is 15.9 Å². The third-order valence-corrected chi connectivity index (χ3v) is 8.13. The van der Waals surface area contributed by atoms with Crippen LogP contribution in [0.2, 0.25) is 0 Å². The Morgan fingerprint density at radius 2 is 1.69 bits per heavy atom. The molecule has 1 N–H and O–H groups in total. The van der Waals surface area contributed by atoms with Crippen LogP contribution in [0.3, 0.4) is 0 Å². The third kappa shape index (κ3) is 3.27. The third-order valence-electron chi connectivity index (χ3n) is 5.69. The smallest absolute Gasteiger partial charge is 0.323 e. The quantitative estimate of drug-likeness (QED) is 0.728. The highest BCUT2D eigenvalue weighted by Crippen LogP contribution is 2.48. The molecule has 0 aromatic heterocycles. The first-order valence-electron chi connectivity index (χ1n) is 9.15. The van der Waals surface area contributed by atoms with E-state index in [1.165, 1.54) is 9.21 Å². The molecule has 2 heterocycles. The number of carboxylic acids is 1. The first-order chi connectivity index (χ1) is 13.8. The number of benzene rings is 2. The minimum atomic E-state index is -3.66. The van der Waals surface area contributed by atoms with Crippen molar-refractivity contribution in [3.8, 4) is 0 Å². The molecule has 1 spiro atoms. The van der Waals surface area contributed by atoms with E-state index in [0.29, 0.717) is 18.5 Å². The lowest BCUT2D eigenvalue weighted by atomic mass is 9.74. The number of rotatable bonds is 4. The Hall–Kier alpha value is -2.23. The van der Waals surface area contributed by atoms with Crippen molar-refractivity contribution in [1.82, 2.24) is 4.31 Å². The first kappa shape index (κ1) is 20.1. The van der Waals surface area contributed by atoms with Crippen LogP contribution < -0.4 is 4.90 Å². The van der Waals surface area contributed by atoms with Gasteiger partial charge in [-0.1, -0.05) is 34.1 Å². The molecule has 2 aliphatic heterocycles. The van der Waals surface area contributed by atoms with E-state index >= 15 is 0 Å². The van der Waals surface area contributed by atoms with Crippen molar-refractivity contribution in [1.29, 1.82) is 0 Å². The molecule has 7 nitrogen and oxygen atoms in total. The number of carboxylic acid groups (broad SMARTS) is 1. The number of hydrogen-bond donors (Lipinski definition) is 1. The first-order valence-corrected chi connectivity index (χ1v) is 11.4. The molecular formula is C20H19BrN2O5S. The minimum absolute atomic E-state index is 0.194. The molecular weight excluding hydrogens is 460 g/mol. The van der Waals surface area contributed by atoms with Crippen LogP contribution in [0.4, 0.5) is 5.69 Å².